The molecule has 2 heterocycles. The minimum atomic E-state index is -2.00. The maximum Gasteiger partial charge on any atom is 0.330 e. The minimum Gasteiger partial charge on any atom is -0.391 e. The Morgan fingerprint density at radius 3 is 2.83 bits per heavy atom. The van der Waals surface area contributed by atoms with Crippen LogP contribution < -0.4 is 17.0 Å². The van der Waals surface area contributed by atoms with Gasteiger partial charge in [-0.3, -0.25) is 14.3 Å². The van der Waals surface area contributed by atoms with E-state index in [0.717, 1.165) is 0 Å². The number of aromatic nitrogens is 2. The van der Waals surface area contributed by atoms with Gasteiger partial charge in [0.2, 0.25) is 5.82 Å². The number of rotatable bonds is 2. The van der Waals surface area contributed by atoms with Crippen molar-refractivity contribution in [3.63, 3.8) is 0 Å². The van der Waals surface area contributed by atoms with Gasteiger partial charge in [0.15, 0.2) is 11.8 Å². The van der Waals surface area contributed by atoms with Gasteiger partial charge in [0.05, 0.1) is 12.3 Å². The third-order valence-corrected chi connectivity index (χ3v) is 3.52. The van der Waals surface area contributed by atoms with Crippen LogP contribution in [0.3, 0.4) is 0 Å². The van der Waals surface area contributed by atoms with Gasteiger partial charge < -0.3 is 20.7 Å². The Morgan fingerprint density at radius 2 is 2.26 bits per heavy atom. The van der Waals surface area contributed by atoms with E-state index < -0.39 is 53.8 Å². The molecule has 1 aromatic heterocycles. The second-order valence-corrected chi connectivity index (χ2v) is 5.15. The van der Waals surface area contributed by atoms with E-state index in [2.05, 4.69) is 5.92 Å². The quantitative estimate of drug-likeness (QED) is 0.463. The van der Waals surface area contributed by atoms with Gasteiger partial charge in [-0.15, -0.1) is 0 Å². The van der Waals surface area contributed by atoms with Crippen LogP contribution >= 0.6 is 0 Å². The first-order valence-corrected chi connectivity index (χ1v) is 6.59. The lowest BCUT2D eigenvalue weighted by Gasteiger charge is -2.27. The Bertz CT molecular complexity index is 765. The van der Waals surface area contributed by atoms with E-state index in [4.69, 9.17) is 10.5 Å². The first-order chi connectivity index (χ1) is 10.7. The van der Waals surface area contributed by atoms with Crippen molar-refractivity contribution in [3.05, 3.63) is 32.9 Å². The van der Waals surface area contributed by atoms with Crippen molar-refractivity contribution in [3.8, 4) is 11.8 Å². The fourth-order valence-electron chi connectivity index (χ4n) is 2.38. The standard InChI is InChI=1S/C13H15F2N3O5/c1-6(19)8-9(20)13(16,3-2-4-14)11(23-8)18-5-7(15)10(21)17-12(18)22/h5-6,8-9,11,19-20H,4,16H2,1H3,(H,17,21,22)/t6-,8+,9?,11+,13+/m0/s1. The molecule has 0 aromatic carbocycles. The number of aromatic amines is 1. The molecule has 8 nitrogen and oxygen atoms in total. The molecule has 5 N–H and O–H groups in total. The molecule has 1 aliphatic heterocycles. The number of hydrogen-bond acceptors (Lipinski definition) is 6. The molecule has 0 aliphatic carbocycles. The maximum absolute atomic E-state index is 13.5. The Balaban J connectivity index is 2.61. The third-order valence-electron chi connectivity index (χ3n) is 3.52. The van der Waals surface area contributed by atoms with E-state index in [-0.39, 0.29) is 0 Å². The maximum atomic E-state index is 13.5. The average molecular weight is 331 g/mol. The smallest absolute Gasteiger partial charge is 0.330 e. The van der Waals surface area contributed by atoms with Crippen molar-refractivity contribution < 1.29 is 23.7 Å². The van der Waals surface area contributed by atoms with Crippen LogP contribution in [0.15, 0.2) is 15.8 Å². The predicted octanol–water partition coefficient (Wildman–Crippen LogP) is -2.01. The van der Waals surface area contributed by atoms with Crippen molar-refractivity contribution in [2.75, 3.05) is 6.67 Å². The summed E-state index contributed by atoms with van der Waals surface area (Å²) in [6, 6.07) is 0. The van der Waals surface area contributed by atoms with Crippen LogP contribution in [0, 0.1) is 17.7 Å². The minimum absolute atomic E-state index is 0.543. The highest BCUT2D eigenvalue weighted by molar-refractivity contribution is 5.26. The van der Waals surface area contributed by atoms with Gasteiger partial charge in [0, 0.05) is 0 Å². The number of nitrogens with two attached hydrogens (primary N) is 1. The molecule has 10 heteroatoms. The number of nitrogens with zero attached hydrogens (tertiary/aromatic N) is 1. The van der Waals surface area contributed by atoms with Crippen LogP contribution in [0.1, 0.15) is 13.2 Å². The number of H-pyrrole nitrogens is 1. The van der Waals surface area contributed by atoms with Crippen LogP contribution in [0.5, 0.6) is 0 Å². The van der Waals surface area contributed by atoms with E-state index in [1.807, 2.05) is 5.92 Å². The molecule has 126 valence electrons. The summed E-state index contributed by atoms with van der Waals surface area (Å²) in [6.07, 6.45) is -5.04. The highest BCUT2D eigenvalue weighted by Gasteiger charge is 2.55. The number of aliphatic hydroxyl groups is 2. The average Bonchev–Trinajstić information content (AvgIpc) is 2.74. The summed E-state index contributed by atoms with van der Waals surface area (Å²) in [5.74, 6) is 2.98. The van der Waals surface area contributed by atoms with Gasteiger partial charge in [-0.25, -0.2) is 9.18 Å². The van der Waals surface area contributed by atoms with Crippen LogP contribution in [-0.4, -0.2) is 50.3 Å². The topological polar surface area (TPSA) is 131 Å². The van der Waals surface area contributed by atoms with E-state index in [1.54, 1.807) is 4.98 Å². The molecule has 0 radical (unpaired) electrons. The molecule has 1 aliphatic rings. The number of alkyl halides is 1. The van der Waals surface area contributed by atoms with Crippen molar-refractivity contribution in [2.45, 2.75) is 37.0 Å². The van der Waals surface area contributed by atoms with Crippen molar-refractivity contribution >= 4 is 0 Å². The lowest BCUT2D eigenvalue weighted by atomic mass is 9.90. The molecule has 1 fully saturated rings. The summed E-state index contributed by atoms with van der Waals surface area (Å²) < 4.78 is 31.7. The van der Waals surface area contributed by atoms with Gasteiger partial charge in [-0.1, -0.05) is 11.8 Å². The summed E-state index contributed by atoms with van der Waals surface area (Å²) in [4.78, 5) is 24.7. The second kappa shape index (κ2) is 6.21. The number of ether oxygens (including phenoxy) is 1. The highest BCUT2D eigenvalue weighted by Crippen LogP contribution is 2.36. The Hall–Kier alpha value is -2.06. The van der Waals surface area contributed by atoms with Crippen LogP contribution in [0.2, 0.25) is 0 Å². The highest BCUT2D eigenvalue weighted by atomic mass is 19.1. The first kappa shape index (κ1) is 17.3. The molecule has 1 aromatic rings. The van der Waals surface area contributed by atoms with E-state index in [9.17, 15) is 28.6 Å². The molecule has 0 spiro atoms. The van der Waals surface area contributed by atoms with Crippen molar-refractivity contribution in [1.29, 1.82) is 0 Å². The molecule has 1 unspecified atom stereocenters. The van der Waals surface area contributed by atoms with Crippen LogP contribution in [0.25, 0.3) is 0 Å². The molecule has 0 amide bonds. The van der Waals surface area contributed by atoms with Gasteiger partial charge in [0.25, 0.3) is 5.56 Å². The van der Waals surface area contributed by atoms with Crippen molar-refractivity contribution in [1.82, 2.24) is 9.55 Å². The third kappa shape index (κ3) is 2.91. The molecule has 0 bridgehead atoms. The SMILES string of the molecule is C[C@H](O)[C@H]1O[C@@H](n2cc(F)c(=O)[nH]c2=O)[C@@](N)(C#CCF)C1O. The Labute approximate surface area is 128 Å². The van der Waals surface area contributed by atoms with Crippen molar-refractivity contribution in [2.24, 2.45) is 5.73 Å². The number of hydrogen-bond donors (Lipinski definition) is 4. The zero-order chi connectivity index (χ0) is 17.4. The summed E-state index contributed by atoms with van der Waals surface area (Å²) in [6.45, 7) is 0.224. The summed E-state index contributed by atoms with van der Waals surface area (Å²) in [5.41, 5.74) is 1.65. The molecule has 1 saturated heterocycles. The number of aliphatic hydroxyl groups excluding tert-OH is 2. The largest absolute Gasteiger partial charge is 0.391 e. The van der Waals surface area contributed by atoms with E-state index in [1.165, 1.54) is 6.92 Å². The molecule has 23 heavy (non-hydrogen) atoms. The number of nitrogens with one attached hydrogen (secondary N) is 1. The first-order valence-electron chi connectivity index (χ1n) is 6.59. The normalized spacial score (nSPS) is 31.5. The monoisotopic (exact) mass is 331 g/mol. The summed E-state index contributed by atoms with van der Waals surface area (Å²) in [5, 5.41) is 19.9. The zero-order valence-corrected chi connectivity index (χ0v) is 12.0. The lowest BCUT2D eigenvalue weighted by Crippen LogP contribution is -2.55. The lowest BCUT2D eigenvalue weighted by molar-refractivity contribution is -0.0781. The van der Waals surface area contributed by atoms with Gasteiger partial charge in [-0.2, -0.15) is 4.39 Å². The predicted molar refractivity (Wildman–Crippen MR) is 73.5 cm³/mol. The molecule has 2 rings (SSSR count). The van der Waals surface area contributed by atoms with Crippen LogP contribution in [0.4, 0.5) is 8.78 Å². The molecule has 5 atom stereocenters. The zero-order valence-electron chi connectivity index (χ0n) is 12.0. The summed E-state index contributed by atoms with van der Waals surface area (Å²) >= 11 is 0. The fraction of sp³-hybridized carbons (Fsp3) is 0.538. The van der Waals surface area contributed by atoms with E-state index in [0.29, 0.717) is 10.8 Å². The van der Waals surface area contributed by atoms with Crippen LogP contribution in [-0.2, 0) is 4.74 Å². The fourth-order valence-corrected chi connectivity index (χ4v) is 2.38. The van der Waals surface area contributed by atoms with Gasteiger partial charge >= 0.3 is 5.69 Å². The van der Waals surface area contributed by atoms with Gasteiger partial charge in [0.1, 0.15) is 18.9 Å². The van der Waals surface area contributed by atoms with E-state index >= 15 is 0 Å². The Kier molecular flexibility index (Phi) is 4.67. The summed E-state index contributed by atoms with van der Waals surface area (Å²) in [7, 11) is 0. The van der Waals surface area contributed by atoms with Gasteiger partial charge in [-0.05, 0) is 6.92 Å². The second-order valence-electron chi connectivity index (χ2n) is 5.15. The molecular weight excluding hydrogens is 316 g/mol. The Morgan fingerprint density at radius 1 is 1.61 bits per heavy atom. The molecule has 0 saturated carbocycles. The molecular formula is C13H15F2N3O5. The number of halogens is 2.